The third kappa shape index (κ3) is 3.17. The molecule has 106 valence electrons. The van der Waals surface area contributed by atoms with Gasteiger partial charge < -0.3 is 5.11 Å². The van der Waals surface area contributed by atoms with Crippen LogP contribution in [0.5, 0.6) is 0 Å². The number of likely N-dealkylation sites (tertiary alicyclic amines) is 1. The first kappa shape index (κ1) is 14.5. The minimum absolute atomic E-state index is 0.214. The summed E-state index contributed by atoms with van der Waals surface area (Å²) in [6.45, 7) is 6.36. The van der Waals surface area contributed by atoms with Gasteiger partial charge in [0.1, 0.15) is 0 Å². The Bertz CT molecular complexity index is 516. The molecular formula is C16H20N2O2. The van der Waals surface area contributed by atoms with Crippen LogP contribution < -0.4 is 0 Å². The SMILES string of the molecule is CC(C)[C@@H]1CN(Cc2ccc(C#N)cc2)C[C@H]1C(=O)O. The van der Waals surface area contributed by atoms with Crippen molar-refractivity contribution < 1.29 is 9.90 Å². The van der Waals surface area contributed by atoms with Crippen molar-refractivity contribution in [2.75, 3.05) is 13.1 Å². The van der Waals surface area contributed by atoms with Crippen LogP contribution in [-0.4, -0.2) is 29.1 Å². The van der Waals surface area contributed by atoms with Gasteiger partial charge in [0.15, 0.2) is 0 Å². The molecule has 1 N–H and O–H groups in total. The summed E-state index contributed by atoms with van der Waals surface area (Å²) in [6, 6.07) is 9.59. The molecule has 1 aliphatic rings. The summed E-state index contributed by atoms with van der Waals surface area (Å²) >= 11 is 0. The van der Waals surface area contributed by atoms with Gasteiger partial charge in [-0.2, -0.15) is 5.26 Å². The topological polar surface area (TPSA) is 64.3 Å². The molecule has 0 aromatic heterocycles. The van der Waals surface area contributed by atoms with Crippen molar-refractivity contribution >= 4 is 5.97 Å². The number of carboxylic acids is 1. The zero-order chi connectivity index (χ0) is 14.7. The van der Waals surface area contributed by atoms with Gasteiger partial charge >= 0.3 is 5.97 Å². The van der Waals surface area contributed by atoms with Crippen molar-refractivity contribution in [3.63, 3.8) is 0 Å². The number of carbonyl (C=O) groups is 1. The highest BCUT2D eigenvalue weighted by molar-refractivity contribution is 5.71. The molecule has 0 aliphatic carbocycles. The van der Waals surface area contributed by atoms with E-state index in [1.807, 2.05) is 12.1 Å². The summed E-state index contributed by atoms with van der Waals surface area (Å²) in [5.41, 5.74) is 1.77. The van der Waals surface area contributed by atoms with Crippen LogP contribution in [0.3, 0.4) is 0 Å². The average Bonchev–Trinajstić information content (AvgIpc) is 2.84. The first-order valence-corrected chi connectivity index (χ1v) is 6.95. The Labute approximate surface area is 119 Å². The molecule has 0 bridgehead atoms. The maximum atomic E-state index is 11.3. The van der Waals surface area contributed by atoms with Gasteiger partial charge in [-0.3, -0.25) is 9.69 Å². The zero-order valence-electron chi connectivity index (χ0n) is 11.9. The minimum Gasteiger partial charge on any atom is -0.481 e. The Morgan fingerprint density at radius 1 is 1.40 bits per heavy atom. The molecule has 2 rings (SSSR count). The van der Waals surface area contributed by atoms with Crippen molar-refractivity contribution in [2.45, 2.75) is 20.4 Å². The third-order valence-corrected chi connectivity index (χ3v) is 4.10. The van der Waals surface area contributed by atoms with E-state index in [2.05, 4.69) is 24.8 Å². The van der Waals surface area contributed by atoms with Gasteiger partial charge in [0.05, 0.1) is 17.6 Å². The monoisotopic (exact) mass is 272 g/mol. The molecule has 0 amide bonds. The molecule has 4 heteroatoms. The number of benzene rings is 1. The Balaban J connectivity index is 2.03. The molecule has 4 nitrogen and oxygen atoms in total. The number of carboxylic acid groups (broad SMARTS) is 1. The summed E-state index contributed by atoms with van der Waals surface area (Å²) in [5.74, 6) is -0.368. The Hall–Kier alpha value is -1.86. The second-order valence-electron chi connectivity index (χ2n) is 5.86. The van der Waals surface area contributed by atoms with E-state index in [1.165, 1.54) is 0 Å². The lowest BCUT2D eigenvalue weighted by atomic mass is 9.86. The summed E-state index contributed by atoms with van der Waals surface area (Å²) < 4.78 is 0. The summed E-state index contributed by atoms with van der Waals surface area (Å²) in [7, 11) is 0. The van der Waals surface area contributed by atoms with Crippen molar-refractivity contribution in [3.05, 3.63) is 35.4 Å². The lowest BCUT2D eigenvalue weighted by molar-refractivity contribution is -0.143. The molecule has 2 atom stereocenters. The van der Waals surface area contributed by atoms with Gasteiger partial charge in [0, 0.05) is 19.6 Å². The van der Waals surface area contributed by atoms with Crippen molar-refractivity contribution in [1.82, 2.24) is 4.90 Å². The van der Waals surface area contributed by atoms with Crippen LogP contribution in [0.1, 0.15) is 25.0 Å². The lowest BCUT2D eigenvalue weighted by Crippen LogP contribution is -2.25. The maximum absolute atomic E-state index is 11.3. The third-order valence-electron chi connectivity index (χ3n) is 4.10. The lowest BCUT2D eigenvalue weighted by Gasteiger charge is -2.18. The number of rotatable bonds is 4. The Morgan fingerprint density at radius 3 is 2.50 bits per heavy atom. The molecule has 1 fully saturated rings. The van der Waals surface area contributed by atoms with Gasteiger partial charge in [0.25, 0.3) is 0 Å². The standard InChI is InChI=1S/C16H20N2O2/c1-11(2)14-9-18(10-15(14)16(19)20)8-13-5-3-12(7-17)4-6-13/h3-6,11,14-15H,8-10H2,1-2H3,(H,19,20)/t14-,15+/m0/s1. The molecule has 0 unspecified atom stereocenters. The van der Waals surface area contributed by atoms with Crippen molar-refractivity contribution in [2.24, 2.45) is 17.8 Å². The quantitative estimate of drug-likeness (QED) is 0.913. The van der Waals surface area contributed by atoms with E-state index < -0.39 is 5.97 Å². The molecule has 0 radical (unpaired) electrons. The molecule has 0 spiro atoms. The van der Waals surface area contributed by atoms with E-state index in [0.29, 0.717) is 18.0 Å². The first-order valence-electron chi connectivity index (χ1n) is 6.95. The number of hydrogen-bond donors (Lipinski definition) is 1. The Kier molecular flexibility index (Phi) is 4.41. The normalized spacial score (nSPS) is 22.9. The van der Waals surface area contributed by atoms with E-state index >= 15 is 0 Å². The van der Waals surface area contributed by atoms with E-state index in [-0.39, 0.29) is 11.8 Å². The first-order chi connectivity index (χ1) is 9.51. The largest absolute Gasteiger partial charge is 0.481 e. The highest BCUT2D eigenvalue weighted by Crippen LogP contribution is 2.30. The molecule has 1 aliphatic heterocycles. The van der Waals surface area contributed by atoms with E-state index in [4.69, 9.17) is 5.26 Å². The average molecular weight is 272 g/mol. The molecular weight excluding hydrogens is 252 g/mol. The minimum atomic E-state index is -0.689. The zero-order valence-corrected chi connectivity index (χ0v) is 11.9. The number of nitriles is 1. The fraction of sp³-hybridized carbons (Fsp3) is 0.500. The van der Waals surface area contributed by atoms with Gasteiger partial charge in [-0.15, -0.1) is 0 Å². The molecule has 1 heterocycles. The van der Waals surface area contributed by atoms with Crippen molar-refractivity contribution in [1.29, 1.82) is 5.26 Å². The van der Waals surface area contributed by atoms with Gasteiger partial charge in [-0.05, 0) is 29.5 Å². The summed E-state index contributed by atoms with van der Waals surface area (Å²) in [5, 5.41) is 18.1. The molecule has 1 saturated heterocycles. The van der Waals surface area contributed by atoms with Crippen LogP contribution in [0, 0.1) is 29.1 Å². The van der Waals surface area contributed by atoms with Crippen LogP contribution in [0.4, 0.5) is 0 Å². The van der Waals surface area contributed by atoms with E-state index in [1.54, 1.807) is 12.1 Å². The second kappa shape index (κ2) is 6.06. The van der Waals surface area contributed by atoms with Crippen LogP contribution in [0.2, 0.25) is 0 Å². The highest BCUT2D eigenvalue weighted by atomic mass is 16.4. The van der Waals surface area contributed by atoms with Gasteiger partial charge in [-0.25, -0.2) is 0 Å². The van der Waals surface area contributed by atoms with Gasteiger partial charge in [0.2, 0.25) is 0 Å². The van der Waals surface area contributed by atoms with Crippen LogP contribution in [-0.2, 0) is 11.3 Å². The molecule has 20 heavy (non-hydrogen) atoms. The Morgan fingerprint density at radius 2 is 2.05 bits per heavy atom. The van der Waals surface area contributed by atoms with Crippen LogP contribution in [0.15, 0.2) is 24.3 Å². The summed E-state index contributed by atoms with van der Waals surface area (Å²) in [6.07, 6.45) is 0. The smallest absolute Gasteiger partial charge is 0.308 e. The molecule has 1 aromatic carbocycles. The van der Waals surface area contributed by atoms with Crippen LogP contribution in [0.25, 0.3) is 0 Å². The molecule has 0 saturated carbocycles. The fourth-order valence-corrected chi connectivity index (χ4v) is 2.92. The fourth-order valence-electron chi connectivity index (χ4n) is 2.92. The van der Waals surface area contributed by atoms with Gasteiger partial charge in [-0.1, -0.05) is 26.0 Å². The van der Waals surface area contributed by atoms with Crippen LogP contribution >= 0.6 is 0 Å². The highest BCUT2D eigenvalue weighted by Gasteiger charge is 2.38. The van der Waals surface area contributed by atoms with E-state index in [9.17, 15) is 9.90 Å². The number of nitrogens with zero attached hydrogens (tertiary/aromatic N) is 2. The number of aliphatic carboxylic acids is 1. The predicted molar refractivity (Wildman–Crippen MR) is 75.9 cm³/mol. The molecule has 1 aromatic rings. The van der Waals surface area contributed by atoms with E-state index in [0.717, 1.165) is 18.7 Å². The predicted octanol–water partition coefficient (Wildman–Crippen LogP) is 2.35. The maximum Gasteiger partial charge on any atom is 0.308 e. The second-order valence-corrected chi connectivity index (χ2v) is 5.86. The summed E-state index contributed by atoms with van der Waals surface area (Å²) in [4.78, 5) is 13.5. The van der Waals surface area contributed by atoms with Crippen molar-refractivity contribution in [3.8, 4) is 6.07 Å². The number of hydrogen-bond acceptors (Lipinski definition) is 3.